The van der Waals surface area contributed by atoms with Crippen LogP contribution in [0.4, 0.5) is 0 Å². The first-order valence-electron chi connectivity index (χ1n) is 4.76. The molecule has 0 saturated carbocycles. The fraction of sp³-hybridized carbons (Fsp3) is 0.455. The molecule has 1 rings (SSSR count). The highest BCUT2D eigenvalue weighted by Gasteiger charge is 2.10. The molecular weight excluding hydrogens is 242 g/mol. The van der Waals surface area contributed by atoms with Crippen molar-refractivity contribution < 1.29 is 5.11 Å². The van der Waals surface area contributed by atoms with E-state index in [1.807, 2.05) is 25.1 Å². The number of aliphatic hydroxyl groups is 1. The molecule has 0 aromatic heterocycles. The maximum absolute atomic E-state index is 8.93. The summed E-state index contributed by atoms with van der Waals surface area (Å²) in [5, 5.41) is 12.2. The molecule has 0 amide bonds. The third-order valence-electron chi connectivity index (χ3n) is 2.18. The molecular formula is C11H16BrNO. The molecule has 0 spiro atoms. The van der Waals surface area contributed by atoms with Crippen LogP contribution in [-0.2, 0) is 0 Å². The lowest BCUT2D eigenvalue weighted by Gasteiger charge is -2.19. The lowest BCUT2D eigenvalue weighted by molar-refractivity contribution is 0.243. The van der Waals surface area contributed by atoms with Gasteiger partial charge in [0.15, 0.2) is 0 Å². The standard InChI is InChI=1S/C11H16BrNO/c1-8(7-14)13-9(2)10-5-3-4-6-11(10)12/h3-6,8-9,13-14H,7H2,1-2H3/t8-,9?/m1/s1. The summed E-state index contributed by atoms with van der Waals surface area (Å²) in [6.07, 6.45) is 0. The van der Waals surface area contributed by atoms with Crippen molar-refractivity contribution in [2.75, 3.05) is 6.61 Å². The zero-order valence-corrected chi connectivity index (χ0v) is 10.1. The first-order valence-corrected chi connectivity index (χ1v) is 5.55. The van der Waals surface area contributed by atoms with Crippen LogP contribution in [0.3, 0.4) is 0 Å². The number of benzene rings is 1. The molecule has 0 fully saturated rings. The summed E-state index contributed by atoms with van der Waals surface area (Å²) in [5.74, 6) is 0. The zero-order chi connectivity index (χ0) is 10.6. The Hall–Kier alpha value is -0.380. The van der Waals surface area contributed by atoms with E-state index >= 15 is 0 Å². The third kappa shape index (κ3) is 3.08. The van der Waals surface area contributed by atoms with Gasteiger partial charge in [-0.05, 0) is 25.5 Å². The molecule has 0 bridgehead atoms. The number of hydrogen-bond donors (Lipinski definition) is 2. The summed E-state index contributed by atoms with van der Waals surface area (Å²) in [7, 11) is 0. The zero-order valence-electron chi connectivity index (χ0n) is 8.50. The highest BCUT2D eigenvalue weighted by Crippen LogP contribution is 2.22. The predicted molar refractivity (Wildman–Crippen MR) is 62.2 cm³/mol. The molecule has 0 aliphatic heterocycles. The molecule has 0 aliphatic carbocycles. The van der Waals surface area contributed by atoms with Crippen molar-refractivity contribution in [2.24, 2.45) is 0 Å². The van der Waals surface area contributed by atoms with Gasteiger partial charge in [-0.15, -0.1) is 0 Å². The van der Waals surface area contributed by atoms with Crippen LogP contribution in [0.25, 0.3) is 0 Å². The third-order valence-corrected chi connectivity index (χ3v) is 2.90. The Morgan fingerprint density at radius 3 is 2.57 bits per heavy atom. The second-order valence-corrected chi connectivity index (χ2v) is 4.35. The lowest BCUT2D eigenvalue weighted by atomic mass is 10.1. The van der Waals surface area contributed by atoms with Crippen LogP contribution in [0, 0.1) is 0 Å². The average molecular weight is 258 g/mol. The Kier molecular flexibility index (Phi) is 4.58. The Labute approximate surface area is 93.5 Å². The van der Waals surface area contributed by atoms with Gasteiger partial charge < -0.3 is 10.4 Å². The van der Waals surface area contributed by atoms with Gasteiger partial charge in [0.1, 0.15) is 0 Å². The van der Waals surface area contributed by atoms with Gasteiger partial charge in [0, 0.05) is 16.6 Å². The van der Waals surface area contributed by atoms with Crippen LogP contribution >= 0.6 is 15.9 Å². The quantitative estimate of drug-likeness (QED) is 0.869. The van der Waals surface area contributed by atoms with Crippen LogP contribution in [0.15, 0.2) is 28.7 Å². The minimum Gasteiger partial charge on any atom is -0.395 e. The molecule has 0 radical (unpaired) electrons. The minimum absolute atomic E-state index is 0.122. The number of nitrogens with one attached hydrogen (secondary N) is 1. The van der Waals surface area contributed by atoms with Gasteiger partial charge in [-0.2, -0.15) is 0 Å². The summed E-state index contributed by atoms with van der Waals surface area (Å²) in [5.41, 5.74) is 1.22. The smallest absolute Gasteiger partial charge is 0.0582 e. The van der Waals surface area contributed by atoms with E-state index in [9.17, 15) is 0 Å². The van der Waals surface area contributed by atoms with Crippen LogP contribution in [-0.4, -0.2) is 17.8 Å². The first-order chi connectivity index (χ1) is 6.65. The molecule has 78 valence electrons. The van der Waals surface area contributed by atoms with E-state index < -0.39 is 0 Å². The highest BCUT2D eigenvalue weighted by molar-refractivity contribution is 9.10. The van der Waals surface area contributed by atoms with Gasteiger partial charge >= 0.3 is 0 Å². The molecule has 14 heavy (non-hydrogen) atoms. The van der Waals surface area contributed by atoms with Gasteiger partial charge in [-0.25, -0.2) is 0 Å². The SMILES string of the molecule is CC(N[C@H](C)CO)c1ccccc1Br. The number of rotatable bonds is 4. The fourth-order valence-electron chi connectivity index (χ4n) is 1.40. The Morgan fingerprint density at radius 1 is 1.36 bits per heavy atom. The predicted octanol–water partition coefficient (Wildman–Crippen LogP) is 2.48. The monoisotopic (exact) mass is 257 g/mol. The maximum atomic E-state index is 8.93. The van der Waals surface area contributed by atoms with E-state index in [0.29, 0.717) is 0 Å². The van der Waals surface area contributed by atoms with Crippen LogP contribution in [0.1, 0.15) is 25.5 Å². The first kappa shape index (κ1) is 11.7. The molecule has 1 unspecified atom stereocenters. The Balaban J connectivity index is 2.69. The largest absolute Gasteiger partial charge is 0.395 e. The van der Waals surface area contributed by atoms with Crippen molar-refractivity contribution in [1.29, 1.82) is 0 Å². The number of aliphatic hydroxyl groups excluding tert-OH is 1. The summed E-state index contributed by atoms with van der Waals surface area (Å²) in [6.45, 7) is 4.22. The normalized spacial score (nSPS) is 15.1. The van der Waals surface area contributed by atoms with Crippen LogP contribution in [0.5, 0.6) is 0 Å². The van der Waals surface area contributed by atoms with E-state index in [-0.39, 0.29) is 18.7 Å². The molecule has 2 nitrogen and oxygen atoms in total. The molecule has 2 atom stereocenters. The highest BCUT2D eigenvalue weighted by atomic mass is 79.9. The van der Waals surface area contributed by atoms with E-state index in [1.165, 1.54) is 5.56 Å². The minimum atomic E-state index is 0.122. The number of halogens is 1. The molecule has 0 aliphatic rings. The van der Waals surface area contributed by atoms with Crippen molar-refractivity contribution in [1.82, 2.24) is 5.32 Å². The Morgan fingerprint density at radius 2 is 2.00 bits per heavy atom. The second kappa shape index (κ2) is 5.49. The van der Waals surface area contributed by atoms with E-state index in [1.54, 1.807) is 0 Å². The topological polar surface area (TPSA) is 32.3 Å². The molecule has 2 N–H and O–H groups in total. The summed E-state index contributed by atoms with van der Waals surface area (Å²) < 4.78 is 1.10. The van der Waals surface area contributed by atoms with Gasteiger partial charge in [0.25, 0.3) is 0 Å². The number of hydrogen-bond acceptors (Lipinski definition) is 2. The van der Waals surface area contributed by atoms with Crippen molar-refractivity contribution in [3.8, 4) is 0 Å². The Bertz CT molecular complexity index is 290. The molecule has 0 heterocycles. The van der Waals surface area contributed by atoms with Gasteiger partial charge in [-0.1, -0.05) is 34.1 Å². The summed E-state index contributed by atoms with van der Waals surface area (Å²) in [6, 6.07) is 8.48. The fourth-order valence-corrected chi connectivity index (χ4v) is 2.02. The maximum Gasteiger partial charge on any atom is 0.0582 e. The van der Waals surface area contributed by atoms with Crippen LogP contribution in [0.2, 0.25) is 0 Å². The van der Waals surface area contributed by atoms with Crippen molar-refractivity contribution in [3.63, 3.8) is 0 Å². The van der Waals surface area contributed by atoms with Crippen LogP contribution < -0.4 is 5.32 Å². The molecule has 3 heteroatoms. The van der Waals surface area contributed by atoms with E-state index in [0.717, 1.165) is 4.47 Å². The van der Waals surface area contributed by atoms with E-state index in [2.05, 4.69) is 34.2 Å². The molecule has 1 aromatic carbocycles. The second-order valence-electron chi connectivity index (χ2n) is 3.49. The van der Waals surface area contributed by atoms with Gasteiger partial charge in [0.05, 0.1) is 6.61 Å². The lowest BCUT2D eigenvalue weighted by Crippen LogP contribution is -2.31. The van der Waals surface area contributed by atoms with Gasteiger partial charge in [-0.3, -0.25) is 0 Å². The molecule has 0 saturated heterocycles. The molecule has 1 aromatic rings. The van der Waals surface area contributed by atoms with Crippen molar-refractivity contribution in [2.45, 2.75) is 25.9 Å². The van der Waals surface area contributed by atoms with E-state index in [4.69, 9.17) is 5.11 Å². The average Bonchev–Trinajstić information content (AvgIpc) is 2.18. The summed E-state index contributed by atoms with van der Waals surface area (Å²) >= 11 is 3.51. The summed E-state index contributed by atoms with van der Waals surface area (Å²) in [4.78, 5) is 0. The van der Waals surface area contributed by atoms with Crippen molar-refractivity contribution >= 4 is 15.9 Å². The van der Waals surface area contributed by atoms with Crippen molar-refractivity contribution in [3.05, 3.63) is 34.3 Å². The van der Waals surface area contributed by atoms with Gasteiger partial charge in [0.2, 0.25) is 0 Å².